The second kappa shape index (κ2) is 8.63. The Morgan fingerprint density at radius 3 is 2.83 bits per heavy atom. The first-order valence-corrected chi connectivity index (χ1v) is 6.52. The van der Waals surface area contributed by atoms with Gasteiger partial charge in [-0.15, -0.1) is 5.10 Å². The molecule has 0 saturated heterocycles. The van der Waals surface area contributed by atoms with E-state index in [1.165, 1.54) is 0 Å². The van der Waals surface area contributed by atoms with E-state index in [0.29, 0.717) is 19.0 Å². The van der Waals surface area contributed by atoms with Crippen molar-refractivity contribution in [2.75, 3.05) is 13.1 Å². The van der Waals surface area contributed by atoms with Crippen molar-refractivity contribution in [3.05, 3.63) is 12.4 Å². The highest BCUT2D eigenvalue weighted by molar-refractivity contribution is 5.75. The van der Waals surface area contributed by atoms with Crippen LogP contribution in [-0.2, 0) is 11.3 Å². The number of hydrogen-bond donors (Lipinski definition) is 2. The molecule has 0 radical (unpaired) electrons. The van der Waals surface area contributed by atoms with Gasteiger partial charge in [0.05, 0.1) is 6.20 Å². The van der Waals surface area contributed by atoms with Crippen LogP contribution in [0.2, 0.25) is 0 Å². The van der Waals surface area contributed by atoms with Crippen LogP contribution in [0, 0.1) is 0 Å². The van der Waals surface area contributed by atoms with Crippen LogP contribution in [0.3, 0.4) is 0 Å². The predicted octanol–water partition coefficient (Wildman–Crippen LogP) is 0.563. The molecule has 0 aliphatic heterocycles. The molecule has 0 aliphatic rings. The van der Waals surface area contributed by atoms with Gasteiger partial charge >= 0.3 is 0 Å². The third-order valence-corrected chi connectivity index (χ3v) is 2.49. The molecule has 6 nitrogen and oxygen atoms in total. The number of nitrogens with zero attached hydrogens (tertiary/aromatic N) is 3. The van der Waals surface area contributed by atoms with Crippen LogP contribution in [0.25, 0.3) is 0 Å². The van der Waals surface area contributed by atoms with Gasteiger partial charge in [0, 0.05) is 31.7 Å². The summed E-state index contributed by atoms with van der Waals surface area (Å²) in [7, 11) is 0. The van der Waals surface area contributed by atoms with E-state index in [4.69, 9.17) is 0 Å². The third-order valence-electron chi connectivity index (χ3n) is 2.49. The van der Waals surface area contributed by atoms with Gasteiger partial charge in [0.15, 0.2) is 0 Å². The number of aromatic nitrogens is 3. The van der Waals surface area contributed by atoms with Gasteiger partial charge in [-0.2, -0.15) is 0 Å². The van der Waals surface area contributed by atoms with Crippen molar-refractivity contribution in [1.82, 2.24) is 25.6 Å². The Bertz CT molecular complexity index is 323. The third kappa shape index (κ3) is 7.01. The molecular formula is C12H23N5O. The van der Waals surface area contributed by atoms with E-state index >= 15 is 0 Å². The monoisotopic (exact) mass is 253 g/mol. The molecule has 1 amide bonds. The zero-order valence-corrected chi connectivity index (χ0v) is 11.2. The van der Waals surface area contributed by atoms with E-state index in [1.54, 1.807) is 10.9 Å². The summed E-state index contributed by atoms with van der Waals surface area (Å²) in [4.78, 5) is 11.5. The number of nitrogens with one attached hydrogen (secondary N) is 2. The van der Waals surface area contributed by atoms with Crippen molar-refractivity contribution < 1.29 is 4.79 Å². The van der Waals surface area contributed by atoms with E-state index in [-0.39, 0.29) is 5.91 Å². The second-order valence-electron chi connectivity index (χ2n) is 4.58. The fourth-order valence-electron chi connectivity index (χ4n) is 1.55. The molecule has 0 bridgehead atoms. The zero-order valence-electron chi connectivity index (χ0n) is 11.2. The molecule has 0 spiro atoms. The van der Waals surface area contributed by atoms with Crippen molar-refractivity contribution >= 4 is 5.91 Å². The SMILES string of the molecule is CC(C)NCCCC(=O)NCCCn1ccnn1. The molecule has 0 atom stereocenters. The number of carbonyl (C=O) groups excluding carboxylic acids is 1. The summed E-state index contributed by atoms with van der Waals surface area (Å²) in [5.74, 6) is 0.124. The molecule has 0 unspecified atom stereocenters. The number of amides is 1. The van der Waals surface area contributed by atoms with E-state index < -0.39 is 0 Å². The number of aryl methyl sites for hydroxylation is 1. The van der Waals surface area contributed by atoms with E-state index in [0.717, 1.165) is 25.9 Å². The Morgan fingerprint density at radius 2 is 2.17 bits per heavy atom. The highest BCUT2D eigenvalue weighted by Gasteiger charge is 2.01. The van der Waals surface area contributed by atoms with Crippen molar-refractivity contribution in [2.24, 2.45) is 0 Å². The molecule has 2 N–H and O–H groups in total. The summed E-state index contributed by atoms with van der Waals surface area (Å²) in [6.45, 7) is 6.57. The summed E-state index contributed by atoms with van der Waals surface area (Å²) in [5.41, 5.74) is 0. The van der Waals surface area contributed by atoms with Gasteiger partial charge in [0.1, 0.15) is 0 Å². The summed E-state index contributed by atoms with van der Waals surface area (Å²) in [5, 5.41) is 13.8. The normalized spacial score (nSPS) is 10.8. The Morgan fingerprint density at radius 1 is 1.33 bits per heavy atom. The molecule has 0 saturated carbocycles. The molecule has 1 aromatic heterocycles. The lowest BCUT2D eigenvalue weighted by molar-refractivity contribution is -0.121. The summed E-state index contributed by atoms with van der Waals surface area (Å²) >= 11 is 0. The van der Waals surface area contributed by atoms with E-state index in [9.17, 15) is 4.79 Å². The van der Waals surface area contributed by atoms with Crippen molar-refractivity contribution in [1.29, 1.82) is 0 Å². The first-order chi connectivity index (χ1) is 8.68. The Hall–Kier alpha value is -1.43. The zero-order chi connectivity index (χ0) is 13.2. The van der Waals surface area contributed by atoms with Crippen LogP contribution in [0.5, 0.6) is 0 Å². The van der Waals surface area contributed by atoms with Crippen LogP contribution in [0.15, 0.2) is 12.4 Å². The van der Waals surface area contributed by atoms with Crippen LogP contribution in [0.4, 0.5) is 0 Å². The smallest absolute Gasteiger partial charge is 0.220 e. The maximum atomic E-state index is 11.5. The predicted molar refractivity (Wildman–Crippen MR) is 70.0 cm³/mol. The summed E-state index contributed by atoms with van der Waals surface area (Å²) in [6.07, 6.45) is 5.81. The lowest BCUT2D eigenvalue weighted by Crippen LogP contribution is -2.28. The topological polar surface area (TPSA) is 71.8 Å². The summed E-state index contributed by atoms with van der Waals surface area (Å²) < 4.78 is 1.76. The molecule has 102 valence electrons. The van der Waals surface area contributed by atoms with Gasteiger partial charge in [-0.3, -0.25) is 9.48 Å². The van der Waals surface area contributed by atoms with E-state index in [2.05, 4.69) is 34.8 Å². The van der Waals surface area contributed by atoms with Crippen molar-refractivity contribution in [3.8, 4) is 0 Å². The molecule has 0 fully saturated rings. The fourth-order valence-corrected chi connectivity index (χ4v) is 1.55. The average Bonchev–Trinajstić information content (AvgIpc) is 2.83. The Balaban J connectivity index is 1.93. The highest BCUT2D eigenvalue weighted by Crippen LogP contribution is 1.90. The number of hydrogen-bond acceptors (Lipinski definition) is 4. The lowest BCUT2D eigenvalue weighted by Gasteiger charge is -2.08. The lowest BCUT2D eigenvalue weighted by atomic mass is 10.2. The first-order valence-electron chi connectivity index (χ1n) is 6.52. The quantitative estimate of drug-likeness (QED) is 0.631. The molecule has 0 aliphatic carbocycles. The summed E-state index contributed by atoms with van der Waals surface area (Å²) in [6, 6.07) is 0.482. The molecule has 6 heteroatoms. The number of rotatable bonds is 9. The van der Waals surface area contributed by atoms with Gasteiger partial charge in [-0.05, 0) is 19.4 Å². The minimum atomic E-state index is 0.124. The fraction of sp³-hybridized carbons (Fsp3) is 0.750. The van der Waals surface area contributed by atoms with Crippen LogP contribution in [0.1, 0.15) is 33.1 Å². The highest BCUT2D eigenvalue weighted by atomic mass is 16.1. The van der Waals surface area contributed by atoms with Gasteiger partial charge in [-0.1, -0.05) is 19.1 Å². The molecule has 0 aromatic carbocycles. The molecule has 1 aromatic rings. The molecule has 1 heterocycles. The molecule has 1 rings (SSSR count). The maximum Gasteiger partial charge on any atom is 0.220 e. The average molecular weight is 253 g/mol. The Kier molecular flexibility index (Phi) is 7.01. The maximum absolute atomic E-state index is 11.5. The minimum Gasteiger partial charge on any atom is -0.356 e. The van der Waals surface area contributed by atoms with E-state index in [1.807, 2.05) is 6.20 Å². The van der Waals surface area contributed by atoms with Gasteiger partial charge in [-0.25, -0.2) is 0 Å². The molecule has 18 heavy (non-hydrogen) atoms. The number of carbonyl (C=O) groups is 1. The van der Waals surface area contributed by atoms with Gasteiger partial charge in [0.2, 0.25) is 5.91 Å². The van der Waals surface area contributed by atoms with Gasteiger partial charge < -0.3 is 10.6 Å². The standard InChI is InChI=1S/C12H23N5O/c1-11(2)13-6-3-5-12(18)14-7-4-9-17-10-8-15-16-17/h8,10-11,13H,3-7,9H2,1-2H3,(H,14,18). The van der Waals surface area contributed by atoms with Gasteiger partial charge in [0.25, 0.3) is 0 Å². The first kappa shape index (κ1) is 14.6. The van der Waals surface area contributed by atoms with Crippen LogP contribution < -0.4 is 10.6 Å². The van der Waals surface area contributed by atoms with Crippen molar-refractivity contribution in [2.45, 2.75) is 45.7 Å². The van der Waals surface area contributed by atoms with Crippen molar-refractivity contribution in [3.63, 3.8) is 0 Å². The van der Waals surface area contributed by atoms with Crippen LogP contribution in [-0.4, -0.2) is 40.0 Å². The largest absolute Gasteiger partial charge is 0.356 e. The van der Waals surface area contributed by atoms with Crippen LogP contribution >= 0.6 is 0 Å². The molecular weight excluding hydrogens is 230 g/mol. The Labute approximate surface area is 108 Å². The second-order valence-corrected chi connectivity index (χ2v) is 4.58. The minimum absolute atomic E-state index is 0.124.